The van der Waals surface area contributed by atoms with Crippen molar-refractivity contribution in [1.82, 2.24) is 0 Å². The quantitative estimate of drug-likeness (QED) is 0.408. The molecule has 0 aliphatic heterocycles. The number of aliphatic hydroxyl groups is 5. The van der Waals surface area contributed by atoms with Crippen molar-refractivity contribution in [2.45, 2.75) is 65.0 Å². The molecule has 1 aromatic carbocycles. The molecule has 0 saturated carbocycles. The molecule has 1 aromatic rings. The van der Waals surface area contributed by atoms with Gasteiger partial charge in [0.05, 0.1) is 24.4 Å². The molecule has 0 aliphatic rings. The number of rotatable bonds is 11. The Labute approximate surface area is 157 Å². The van der Waals surface area contributed by atoms with Crippen LogP contribution in [0.25, 0.3) is 0 Å². The molecule has 0 fully saturated rings. The molecule has 0 aliphatic carbocycles. The number of benzene rings is 1. The molecule has 8 atom stereocenters. The molecule has 0 radical (unpaired) electrons. The van der Waals surface area contributed by atoms with Crippen molar-refractivity contribution < 1.29 is 25.5 Å². The minimum atomic E-state index is -0.933. The fourth-order valence-electron chi connectivity index (χ4n) is 3.44. The molecule has 26 heavy (non-hydrogen) atoms. The first-order chi connectivity index (χ1) is 12.2. The maximum absolute atomic E-state index is 10.6. The van der Waals surface area contributed by atoms with E-state index in [0.29, 0.717) is 6.42 Å². The van der Waals surface area contributed by atoms with Gasteiger partial charge in [-0.05, 0) is 18.4 Å². The van der Waals surface area contributed by atoms with E-state index < -0.39 is 42.2 Å². The van der Waals surface area contributed by atoms with Crippen molar-refractivity contribution in [3.63, 3.8) is 0 Å². The number of aliphatic hydroxyl groups excluding tert-OH is 5. The summed E-state index contributed by atoms with van der Waals surface area (Å²) in [6.45, 7) is 6.76. The second-order valence-electron chi connectivity index (χ2n) is 7.80. The van der Waals surface area contributed by atoms with Gasteiger partial charge in [-0.2, -0.15) is 0 Å². The Morgan fingerprint density at radius 2 is 1.23 bits per heavy atom. The summed E-state index contributed by atoms with van der Waals surface area (Å²) in [5, 5.41) is 50.9. The van der Waals surface area contributed by atoms with Gasteiger partial charge in [0.1, 0.15) is 0 Å². The third-order valence-electron chi connectivity index (χ3n) is 5.74. The van der Waals surface area contributed by atoms with E-state index in [1.807, 2.05) is 30.3 Å². The Bertz CT molecular complexity index is 494. The lowest BCUT2D eigenvalue weighted by atomic mass is 9.78. The zero-order chi connectivity index (χ0) is 19.9. The summed E-state index contributed by atoms with van der Waals surface area (Å²) in [6.07, 6.45) is -2.11. The molecular formula is C21H36O5. The van der Waals surface area contributed by atoms with Crippen molar-refractivity contribution in [1.29, 1.82) is 0 Å². The van der Waals surface area contributed by atoms with Crippen LogP contribution in [0.1, 0.15) is 39.7 Å². The summed E-state index contributed by atoms with van der Waals surface area (Å²) < 4.78 is 0. The second kappa shape index (κ2) is 11.0. The van der Waals surface area contributed by atoms with Gasteiger partial charge in [-0.15, -0.1) is 0 Å². The van der Waals surface area contributed by atoms with Crippen LogP contribution in [-0.4, -0.2) is 56.6 Å². The molecule has 1 rings (SSSR count). The Morgan fingerprint density at radius 1 is 0.731 bits per heavy atom. The van der Waals surface area contributed by atoms with E-state index in [2.05, 4.69) is 0 Å². The maximum Gasteiger partial charge on any atom is 0.0640 e. The summed E-state index contributed by atoms with van der Waals surface area (Å²) >= 11 is 0. The van der Waals surface area contributed by atoms with E-state index in [-0.39, 0.29) is 12.5 Å². The van der Waals surface area contributed by atoms with Crippen LogP contribution in [-0.2, 0) is 6.42 Å². The molecule has 0 aromatic heterocycles. The van der Waals surface area contributed by atoms with Gasteiger partial charge in [-0.1, -0.05) is 58.0 Å². The molecule has 0 saturated heterocycles. The van der Waals surface area contributed by atoms with Gasteiger partial charge < -0.3 is 25.5 Å². The first-order valence-corrected chi connectivity index (χ1v) is 9.57. The van der Waals surface area contributed by atoms with Crippen LogP contribution in [0.4, 0.5) is 0 Å². The van der Waals surface area contributed by atoms with E-state index >= 15 is 0 Å². The van der Waals surface area contributed by atoms with E-state index in [1.54, 1.807) is 27.7 Å². The predicted molar refractivity (Wildman–Crippen MR) is 103 cm³/mol. The summed E-state index contributed by atoms with van der Waals surface area (Å²) in [5.41, 5.74) is 1.14. The Kier molecular flexibility index (Phi) is 9.75. The fraction of sp³-hybridized carbons (Fsp3) is 0.714. The molecule has 0 heterocycles. The lowest BCUT2D eigenvalue weighted by Gasteiger charge is -2.36. The van der Waals surface area contributed by atoms with E-state index in [4.69, 9.17) is 0 Å². The van der Waals surface area contributed by atoms with Crippen molar-refractivity contribution >= 4 is 0 Å². The number of hydrogen-bond acceptors (Lipinski definition) is 5. The van der Waals surface area contributed by atoms with Crippen LogP contribution in [0, 0.1) is 23.7 Å². The van der Waals surface area contributed by atoms with Crippen LogP contribution in [0.2, 0.25) is 0 Å². The van der Waals surface area contributed by atoms with E-state index in [1.165, 1.54) is 0 Å². The number of hydrogen-bond donors (Lipinski definition) is 5. The largest absolute Gasteiger partial charge is 0.396 e. The van der Waals surface area contributed by atoms with Crippen molar-refractivity contribution in [2.24, 2.45) is 23.7 Å². The first kappa shape index (κ1) is 23.1. The molecule has 0 unspecified atom stereocenters. The fourth-order valence-corrected chi connectivity index (χ4v) is 3.44. The van der Waals surface area contributed by atoms with E-state index in [9.17, 15) is 25.5 Å². The molecule has 0 bridgehead atoms. The Morgan fingerprint density at radius 3 is 1.77 bits per heavy atom. The number of aryl methyl sites for hydroxylation is 1. The Hall–Kier alpha value is -0.980. The van der Waals surface area contributed by atoms with Crippen LogP contribution in [0.5, 0.6) is 0 Å². The second-order valence-corrected chi connectivity index (χ2v) is 7.80. The van der Waals surface area contributed by atoms with Crippen molar-refractivity contribution in [3.05, 3.63) is 35.9 Å². The smallest absolute Gasteiger partial charge is 0.0640 e. The lowest BCUT2D eigenvalue weighted by Crippen LogP contribution is -2.45. The SMILES string of the molecule is C[C@H]([C@@H](O)[C@H](C)[C@@H](O)[C@H](C)CO)[C@H](O)[C@@H](C)[C@H](O)CCc1ccccc1. The van der Waals surface area contributed by atoms with Crippen LogP contribution >= 0.6 is 0 Å². The maximum atomic E-state index is 10.6. The van der Waals surface area contributed by atoms with Crippen LogP contribution in [0.3, 0.4) is 0 Å². The van der Waals surface area contributed by atoms with Gasteiger partial charge in [-0.25, -0.2) is 0 Å². The highest BCUT2D eigenvalue weighted by molar-refractivity contribution is 5.14. The van der Waals surface area contributed by atoms with Gasteiger partial charge in [0, 0.05) is 30.3 Å². The van der Waals surface area contributed by atoms with Crippen LogP contribution < -0.4 is 0 Å². The first-order valence-electron chi connectivity index (χ1n) is 9.57. The third kappa shape index (κ3) is 6.32. The summed E-state index contributed by atoms with van der Waals surface area (Å²) in [6, 6.07) is 9.87. The molecule has 0 spiro atoms. The molecule has 5 heteroatoms. The van der Waals surface area contributed by atoms with Gasteiger partial charge in [-0.3, -0.25) is 0 Å². The average Bonchev–Trinajstić information content (AvgIpc) is 2.68. The zero-order valence-electron chi connectivity index (χ0n) is 16.4. The third-order valence-corrected chi connectivity index (χ3v) is 5.74. The van der Waals surface area contributed by atoms with Gasteiger partial charge in [0.2, 0.25) is 0 Å². The van der Waals surface area contributed by atoms with Crippen molar-refractivity contribution in [2.75, 3.05) is 6.61 Å². The summed E-state index contributed by atoms with van der Waals surface area (Å²) in [5.74, 6) is -1.75. The molecular weight excluding hydrogens is 332 g/mol. The minimum absolute atomic E-state index is 0.163. The standard InChI is InChI=1S/C21H36O5/c1-13(12-22)19(24)15(3)21(26)16(4)20(25)14(2)18(23)11-10-17-8-6-5-7-9-17/h5-9,13-16,18-26H,10-12H2,1-4H3/t13-,14+,15-,16+,18-,19+,20-,21+/m1/s1. The van der Waals surface area contributed by atoms with Gasteiger partial charge in [0.15, 0.2) is 0 Å². The molecule has 150 valence electrons. The van der Waals surface area contributed by atoms with Crippen molar-refractivity contribution in [3.8, 4) is 0 Å². The highest BCUT2D eigenvalue weighted by atomic mass is 16.3. The molecule has 0 amide bonds. The zero-order valence-corrected chi connectivity index (χ0v) is 16.4. The van der Waals surface area contributed by atoms with Gasteiger partial charge in [0.25, 0.3) is 0 Å². The highest BCUT2D eigenvalue weighted by Crippen LogP contribution is 2.27. The molecule has 5 N–H and O–H groups in total. The Balaban J connectivity index is 2.60. The summed E-state index contributed by atoms with van der Waals surface area (Å²) in [4.78, 5) is 0. The average molecular weight is 369 g/mol. The highest BCUT2D eigenvalue weighted by Gasteiger charge is 2.36. The predicted octanol–water partition coefficient (Wildman–Crippen LogP) is 1.60. The topological polar surface area (TPSA) is 101 Å². The molecule has 5 nitrogen and oxygen atoms in total. The normalized spacial score (nSPS) is 21.3. The lowest BCUT2D eigenvalue weighted by molar-refractivity contribution is -0.0869. The van der Waals surface area contributed by atoms with Gasteiger partial charge >= 0.3 is 0 Å². The minimum Gasteiger partial charge on any atom is -0.396 e. The van der Waals surface area contributed by atoms with Crippen LogP contribution in [0.15, 0.2) is 30.3 Å². The van der Waals surface area contributed by atoms with E-state index in [0.717, 1.165) is 12.0 Å². The summed E-state index contributed by atoms with van der Waals surface area (Å²) in [7, 11) is 0. The monoisotopic (exact) mass is 368 g/mol.